The predicted octanol–water partition coefficient (Wildman–Crippen LogP) is 0.657. The minimum Gasteiger partial charge on any atom is -0.369 e. The molecule has 1 aromatic carbocycles. The van der Waals surface area contributed by atoms with Crippen LogP contribution < -0.4 is 11.5 Å². The van der Waals surface area contributed by atoms with E-state index in [1.165, 1.54) is 17.3 Å². The predicted molar refractivity (Wildman–Crippen MR) is 89.5 cm³/mol. The fourth-order valence-corrected chi connectivity index (χ4v) is 2.42. The standard InChI is InChI=1S/C14H21N3O2S.ClH/c15-7-9-17(14(19)11-20-10-13(16)18)8-6-12-4-2-1-3-5-12;/h1-5H,6-11,15H2,(H2,16,18);1H. The van der Waals surface area contributed by atoms with Crippen molar-refractivity contribution in [2.24, 2.45) is 11.5 Å². The van der Waals surface area contributed by atoms with Gasteiger partial charge in [-0.2, -0.15) is 0 Å². The maximum Gasteiger partial charge on any atom is 0.232 e. The summed E-state index contributed by atoms with van der Waals surface area (Å²) in [6, 6.07) is 9.99. The molecule has 0 atom stereocenters. The number of primary amides is 1. The fraction of sp³-hybridized carbons (Fsp3) is 0.429. The van der Waals surface area contributed by atoms with E-state index in [1.54, 1.807) is 4.90 Å². The average Bonchev–Trinajstić information content (AvgIpc) is 2.44. The van der Waals surface area contributed by atoms with E-state index in [1.807, 2.05) is 30.3 Å². The van der Waals surface area contributed by atoms with Gasteiger partial charge in [-0.3, -0.25) is 9.59 Å². The van der Waals surface area contributed by atoms with E-state index in [0.29, 0.717) is 19.6 Å². The van der Waals surface area contributed by atoms with Gasteiger partial charge in [-0.05, 0) is 12.0 Å². The molecule has 0 aromatic heterocycles. The lowest BCUT2D eigenvalue weighted by molar-refractivity contribution is -0.128. The van der Waals surface area contributed by atoms with Gasteiger partial charge in [0.1, 0.15) is 0 Å². The molecule has 0 heterocycles. The van der Waals surface area contributed by atoms with Gasteiger partial charge < -0.3 is 16.4 Å². The molecule has 0 unspecified atom stereocenters. The Morgan fingerprint density at radius 3 is 2.33 bits per heavy atom. The van der Waals surface area contributed by atoms with Gasteiger partial charge in [0.15, 0.2) is 0 Å². The topological polar surface area (TPSA) is 89.4 Å². The summed E-state index contributed by atoms with van der Waals surface area (Å²) in [7, 11) is 0. The second kappa shape index (κ2) is 11.4. The van der Waals surface area contributed by atoms with Gasteiger partial charge >= 0.3 is 0 Å². The SMILES string of the molecule is Cl.NCCN(CCc1ccccc1)C(=O)CSCC(N)=O. The van der Waals surface area contributed by atoms with Gasteiger partial charge in [-0.25, -0.2) is 0 Å². The lowest BCUT2D eigenvalue weighted by Crippen LogP contribution is -2.38. The summed E-state index contributed by atoms with van der Waals surface area (Å²) >= 11 is 1.24. The molecule has 0 aliphatic heterocycles. The molecule has 21 heavy (non-hydrogen) atoms. The number of carbonyl (C=O) groups is 2. The maximum atomic E-state index is 12.0. The Morgan fingerprint density at radius 1 is 1.10 bits per heavy atom. The van der Waals surface area contributed by atoms with Gasteiger partial charge in [-0.15, -0.1) is 24.2 Å². The molecular formula is C14H22ClN3O2S. The van der Waals surface area contributed by atoms with Crippen molar-refractivity contribution in [1.82, 2.24) is 4.90 Å². The molecule has 118 valence electrons. The summed E-state index contributed by atoms with van der Waals surface area (Å²) in [6.07, 6.45) is 0.799. The number of amides is 2. The van der Waals surface area contributed by atoms with Crippen molar-refractivity contribution in [2.45, 2.75) is 6.42 Å². The Morgan fingerprint density at radius 2 is 1.76 bits per heavy atom. The van der Waals surface area contributed by atoms with Crippen LogP contribution in [-0.4, -0.2) is 47.9 Å². The quantitative estimate of drug-likeness (QED) is 0.695. The van der Waals surface area contributed by atoms with Crippen LogP contribution in [-0.2, 0) is 16.0 Å². The number of nitrogens with two attached hydrogens (primary N) is 2. The van der Waals surface area contributed by atoms with Crippen molar-refractivity contribution in [3.63, 3.8) is 0 Å². The van der Waals surface area contributed by atoms with E-state index in [2.05, 4.69) is 0 Å². The third-order valence-corrected chi connectivity index (χ3v) is 3.67. The number of benzene rings is 1. The summed E-state index contributed by atoms with van der Waals surface area (Å²) in [5, 5.41) is 0. The minimum absolute atomic E-state index is 0. The number of rotatable bonds is 9. The number of hydrogen-bond acceptors (Lipinski definition) is 4. The molecular weight excluding hydrogens is 310 g/mol. The fourth-order valence-electron chi connectivity index (χ4n) is 1.76. The first-order valence-corrected chi connectivity index (χ1v) is 7.66. The zero-order valence-electron chi connectivity index (χ0n) is 11.9. The second-order valence-corrected chi connectivity index (χ2v) is 5.35. The van der Waals surface area contributed by atoms with Crippen molar-refractivity contribution in [2.75, 3.05) is 31.1 Å². The molecule has 1 rings (SSSR count). The lowest BCUT2D eigenvalue weighted by atomic mass is 10.1. The van der Waals surface area contributed by atoms with Crippen LogP contribution in [0.15, 0.2) is 30.3 Å². The maximum absolute atomic E-state index is 12.0. The molecule has 0 radical (unpaired) electrons. The molecule has 0 aliphatic carbocycles. The number of hydrogen-bond donors (Lipinski definition) is 2. The monoisotopic (exact) mass is 331 g/mol. The van der Waals surface area contributed by atoms with Crippen molar-refractivity contribution in [1.29, 1.82) is 0 Å². The third kappa shape index (κ3) is 8.60. The van der Waals surface area contributed by atoms with E-state index in [4.69, 9.17) is 11.5 Å². The van der Waals surface area contributed by atoms with Gasteiger partial charge in [-0.1, -0.05) is 30.3 Å². The molecule has 4 N–H and O–H groups in total. The largest absolute Gasteiger partial charge is 0.369 e. The van der Waals surface area contributed by atoms with Gasteiger partial charge in [0.05, 0.1) is 11.5 Å². The van der Waals surface area contributed by atoms with Crippen molar-refractivity contribution < 1.29 is 9.59 Å². The Balaban J connectivity index is 0.00000400. The lowest BCUT2D eigenvalue weighted by Gasteiger charge is -2.22. The Labute approximate surface area is 135 Å². The molecule has 0 fully saturated rings. The summed E-state index contributed by atoms with van der Waals surface area (Å²) in [6.45, 7) is 1.60. The molecule has 0 spiro atoms. The van der Waals surface area contributed by atoms with E-state index >= 15 is 0 Å². The first-order valence-electron chi connectivity index (χ1n) is 6.51. The molecule has 0 saturated heterocycles. The average molecular weight is 332 g/mol. The highest BCUT2D eigenvalue weighted by atomic mass is 35.5. The van der Waals surface area contributed by atoms with Gasteiger partial charge in [0, 0.05) is 19.6 Å². The summed E-state index contributed by atoms with van der Waals surface area (Å²) in [4.78, 5) is 24.4. The molecule has 5 nitrogen and oxygen atoms in total. The summed E-state index contributed by atoms with van der Waals surface area (Å²) < 4.78 is 0. The van der Waals surface area contributed by atoms with E-state index in [0.717, 1.165) is 6.42 Å². The molecule has 2 amide bonds. The van der Waals surface area contributed by atoms with Crippen molar-refractivity contribution >= 4 is 36.0 Å². The van der Waals surface area contributed by atoms with Gasteiger partial charge in [0.25, 0.3) is 0 Å². The van der Waals surface area contributed by atoms with Crippen molar-refractivity contribution in [3.8, 4) is 0 Å². The van der Waals surface area contributed by atoms with Gasteiger partial charge in [0.2, 0.25) is 11.8 Å². The Hall–Kier alpha value is -1.24. The summed E-state index contributed by atoms with van der Waals surface area (Å²) in [5.74, 6) is 0.0219. The highest BCUT2D eigenvalue weighted by Gasteiger charge is 2.13. The third-order valence-electron chi connectivity index (χ3n) is 2.73. The van der Waals surface area contributed by atoms with E-state index < -0.39 is 5.91 Å². The first-order chi connectivity index (χ1) is 9.63. The van der Waals surface area contributed by atoms with Crippen LogP contribution in [0.5, 0.6) is 0 Å². The smallest absolute Gasteiger partial charge is 0.232 e. The van der Waals surface area contributed by atoms with Crippen LogP contribution in [0, 0.1) is 0 Å². The zero-order valence-corrected chi connectivity index (χ0v) is 13.5. The highest BCUT2D eigenvalue weighted by molar-refractivity contribution is 8.00. The molecule has 0 saturated carbocycles. The minimum atomic E-state index is -0.405. The highest BCUT2D eigenvalue weighted by Crippen LogP contribution is 2.05. The Kier molecular flexibility index (Phi) is 10.7. The normalized spacial score (nSPS) is 9.76. The van der Waals surface area contributed by atoms with Crippen molar-refractivity contribution in [3.05, 3.63) is 35.9 Å². The number of nitrogens with zero attached hydrogens (tertiary/aromatic N) is 1. The van der Waals surface area contributed by atoms with Crippen LogP contribution in [0.25, 0.3) is 0 Å². The molecule has 7 heteroatoms. The van der Waals surface area contributed by atoms with E-state index in [-0.39, 0.29) is 29.8 Å². The van der Waals surface area contributed by atoms with Crippen LogP contribution in [0.4, 0.5) is 0 Å². The first kappa shape index (κ1) is 19.8. The Bertz CT molecular complexity index is 431. The van der Waals surface area contributed by atoms with Crippen LogP contribution >= 0.6 is 24.2 Å². The number of carbonyl (C=O) groups excluding carboxylic acids is 2. The summed E-state index contributed by atoms with van der Waals surface area (Å²) in [5.41, 5.74) is 11.8. The van der Waals surface area contributed by atoms with Crippen LogP contribution in [0.3, 0.4) is 0 Å². The molecule has 0 aliphatic rings. The van der Waals surface area contributed by atoms with Crippen LogP contribution in [0.2, 0.25) is 0 Å². The van der Waals surface area contributed by atoms with Crippen LogP contribution in [0.1, 0.15) is 5.56 Å². The number of halogens is 1. The number of thioether (sulfide) groups is 1. The van der Waals surface area contributed by atoms with E-state index in [9.17, 15) is 9.59 Å². The molecule has 1 aromatic rings. The second-order valence-electron chi connectivity index (χ2n) is 4.36. The molecule has 0 bridgehead atoms. The zero-order chi connectivity index (χ0) is 14.8.